The first kappa shape index (κ1) is 15.9. The highest BCUT2D eigenvalue weighted by Crippen LogP contribution is 2.26. The fourth-order valence-electron chi connectivity index (χ4n) is 2.92. The lowest BCUT2D eigenvalue weighted by molar-refractivity contribution is -0.132. The Labute approximate surface area is 141 Å². The van der Waals surface area contributed by atoms with Gasteiger partial charge in [-0.1, -0.05) is 23.7 Å². The highest BCUT2D eigenvalue weighted by atomic mass is 35.5. The first-order chi connectivity index (χ1) is 11.1. The maximum Gasteiger partial charge on any atom is 0.224 e. The van der Waals surface area contributed by atoms with Crippen molar-refractivity contribution < 1.29 is 4.79 Å². The van der Waals surface area contributed by atoms with Crippen LogP contribution in [0.3, 0.4) is 0 Å². The normalized spacial score (nSPS) is 16.4. The van der Waals surface area contributed by atoms with Crippen molar-refractivity contribution in [2.24, 2.45) is 0 Å². The molecule has 1 aliphatic heterocycles. The molecular formula is C17H21ClN4O. The monoisotopic (exact) mass is 332 g/mol. The number of halogens is 1. The molecule has 1 fully saturated rings. The number of benzene rings is 1. The summed E-state index contributed by atoms with van der Waals surface area (Å²) in [6.07, 6.45) is 5.90. The first-order valence-electron chi connectivity index (χ1n) is 7.90. The Morgan fingerprint density at radius 3 is 2.65 bits per heavy atom. The van der Waals surface area contributed by atoms with Crippen LogP contribution in [0.15, 0.2) is 43.0 Å². The Bertz CT molecular complexity index is 650. The van der Waals surface area contributed by atoms with Gasteiger partial charge in [0.1, 0.15) is 0 Å². The molecule has 0 N–H and O–H groups in total. The summed E-state index contributed by atoms with van der Waals surface area (Å²) in [6.45, 7) is 5.14. The predicted octanol–water partition coefficient (Wildman–Crippen LogP) is 2.84. The Kier molecular flexibility index (Phi) is 4.86. The fourth-order valence-corrected chi connectivity index (χ4v) is 3.18. The fraction of sp³-hybridized carbons (Fsp3) is 0.412. The summed E-state index contributed by atoms with van der Waals surface area (Å²) in [6, 6.07) is 7.99. The summed E-state index contributed by atoms with van der Waals surface area (Å²) >= 11 is 6.25. The number of piperazine rings is 1. The number of hydrogen-bond acceptors (Lipinski definition) is 3. The minimum atomic E-state index is 0.131. The molecule has 0 aliphatic carbocycles. The summed E-state index contributed by atoms with van der Waals surface area (Å²) in [4.78, 5) is 20.7. The molecule has 23 heavy (non-hydrogen) atoms. The van der Waals surface area contributed by atoms with Crippen molar-refractivity contribution in [3.8, 4) is 0 Å². The zero-order valence-electron chi connectivity index (χ0n) is 13.2. The Hall–Kier alpha value is -2.01. The number of imidazole rings is 1. The summed E-state index contributed by atoms with van der Waals surface area (Å²) in [5.41, 5.74) is 1.05. The maximum absolute atomic E-state index is 12.5. The average Bonchev–Trinajstić information content (AvgIpc) is 3.10. The quantitative estimate of drug-likeness (QED) is 0.864. The zero-order chi connectivity index (χ0) is 16.2. The third-order valence-corrected chi connectivity index (χ3v) is 4.65. The summed E-state index contributed by atoms with van der Waals surface area (Å²) in [5, 5.41) is 0.765. The van der Waals surface area contributed by atoms with E-state index < -0.39 is 0 Å². The first-order valence-corrected chi connectivity index (χ1v) is 8.27. The number of amides is 1. The van der Waals surface area contributed by atoms with Crippen molar-refractivity contribution in [1.29, 1.82) is 0 Å². The molecule has 0 spiro atoms. The van der Waals surface area contributed by atoms with Gasteiger partial charge in [-0.2, -0.15) is 0 Å². The maximum atomic E-state index is 12.5. The summed E-state index contributed by atoms with van der Waals surface area (Å²) in [7, 11) is 0. The van der Waals surface area contributed by atoms with E-state index in [4.69, 9.17) is 11.6 Å². The van der Waals surface area contributed by atoms with Gasteiger partial charge in [0.2, 0.25) is 5.91 Å². The van der Waals surface area contributed by atoms with E-state index >= 15 is 0 Å². The van der Waals surface area contributed by atoms with E-state index in [2.05, 4.69) is 9.88 Å². The van der Waals surface area contributed by atoms with Crippen LogP contribution in [-0.4, -0.2) is 46.5 Å². The Morgan fingerprint density at radius 1 is 1.26 bits per heavy atom. The molecule has 3 rings (SSSR count). The highest BCUT2D eigenvalue weighted by Gasteiger charge is 2.23. The van der Waals surface area contributed by atoms with Crippen molar-refractivity contribution in [2.45, 2.75) is 19.4 Å². The second-order valence-electron chi connectivity index (χ2n) is 5.88. The van der Waals surface area contributed by atoms with Crippen LogP contribution in [0.5, 0.6) is 0 Å². The highest BCUT2D eigenvalue weighted by molar-refractivity contribution is 6.33. The van der Waals surface area contributed by atoms with Crippen molar-refractivity contribution in [2.75, 3.05) is 31.1 Å². The molecule has 1 aliphatic rings. The lowest BCUT2D eigenvalue weighted by Crippen LogP contribution is -2.49. The molecule has 5 nitrogen and oxygen atoms in total. The van der Waals surface area contributed by atoms with Crippen molar-refractivity contribution in [1.82, 2.24) is 14.5 Å². The molecule has 1 saturated heterocycles. The van der Waals surface area contributed by atoms with Crippen molar-refractivity contribution in [3.05, 3.63) is 48.0 Å². The second kappa shape index (κ2) is 7.04. The average molecular weight is 333 g/mol. The van der Waals surface area contributed by atoms with E-state index in [0.29, 0.717) is 6.42 Å². The summed E-state index contributed by atoms with van der Waals surface area (Å²) < 4.78 is 1.97. The van der Waals surface area contributed by atoms with Gasteiger partial charge in [0.15, 0.2) is 0 Å². The molecule has 0 radical (unpaired) electrons. The zero-order valence-corrected chi connectivity index (χ0v) is 14.0. The molecule has 2 heterocycles. The van der Waals surface area contributed by atoms with Gasteiger partial charge in [-0.05, 0) is 19.1 Å². The molecule has 0 saturated carbocycles. The summed E-state index contributed by atoms with van der Waals surface area (Å²) in [5.74, 6) is 0.199. The number of carbonyl (C=O) groups is 1. The Morgan fingerprint density at radius 2 is 2.00 bits per heavy atom. The van der Waals surface area contributed by atoms with E-state index in [1.165, 1.54) is 0 Å². The van der Waals surface area contributed by atoms with E-state index in [1.54, 1.807) is 12.5 Å². The predicted molar refractivity (Wildman–Crippen MR) is 91.8 cm³/mol. The molecule has 122 valence electrons. The molecule has 1 amide bonds. The van der Waals surface area contributed by atoms with Gasteiger partial charge in [-0.25, -0.2) is 4.98 Å². The van der Waals surface area contributed by atoms with Gasteiger partial charge in [-0.15, -0.1) is 0 Å². The third-order valence-electron chi connectivity index (χ3n) is 4.33. The molecular weight excluding hydrogens is 312 g/mol. The number of para-hydroxylation sites is 1. The van der Waals surface area contributed by atoms with E-state index in [-0.39, 0.29) is 11.9 Å². The molecule has 1 atom stereocenters. The van der Waals surface area contributed by atoms with Crippen LogP contribution >= 0.6 is 11.6 Å². The van der Waals surface area contributed by atoms with Gasteiger partial charge in [0, 0.05) is 51.0 Å². The van der Waals surface area contributed by atoms with Crippen LogP contribution in [0.1, 0.15) is 19.4 Å². The number of anilines is 1. The minimum Gasteiger partial charge on any atom is -0.367 e. The SMILES string of the molecule is CC(CC(=O)N1CCN(c2ccccc2Cl)CC1)n1ccnc1. The number of aromatic nitrogens is 2. The molecule has 1 aromatic heterocycles. The second-order valence-corrected chi connectivity index (χ2v) is 6.29. The molecule has 1 aromatic carbocycles. The number of rotatable bonds is 4. The van der Waals surface area contributed by atoms with Crippen molar-refractivity contribution >= 4 is 23.2 Å². The lowest BCUT2D eigenvalue weighted by Gasteiger charge is -2.37. The smallest absolute Gasteiger partial charge is 0.224 e. The third kappa shape index (κ3) is 3.67. The molecule has 0 bridgehead atoms. The van der Waals surface area contributed by atoms with Gasteiger partial charge >= 0.3 is 0 Å². The Balaban J connectivity index is 1.54. The number of nitrogens with zero attached hydrogens (tertiary/aromatic N) is 4. The van der Waals surface area contributed by atoms with E-state index in [1.807, 2.05) is 46.9 Å². The number of hydrogen-bond donors (Lipinski definition) is 0. The van der Waals surface area contributed by atoms with Gasteiger partial charge < -0.3 is 14.4 Å². The largest absolute Gasteiger partial charge is 0.367 e. The van der Waals surface area contributed by atoms with Gasteiger partial charge in [-0.3, -0.25) is 4.79 Å². The van der Waals surface area contributed by atoms with E-state index in [0.717, 1.165) is 36.9 Å². The minimum absolute atomic E-state index is 0.131. The molecule has 6 heteroatoms. The van der Waals surface area contributed by atoms with Crippen LogP contribution in [0.25, 0.3) is 0 Å². The van der Waals surface area contributed by atoms with Crippen LogP contribution in [0, 0.1) is 0 Å². The van der Waals surface area contributed by atoms with Crippen LogP contribution < -0.4 is 4.90 Å². The van der Waals surface area contributed by atoms with Gasteiger partial charge in [0.05, 0.1) is 17.0 Å². The van der Waals surface area contributed by atoms with Crippen LogP contribution in [-0.2, 0) is 4.79 Å². The van der Waals surface area contributed by atoms with Crippen LogP contribution in [0.2, 0.25) is 5.02 Å². The molecule has 1 unspecified atom stereocenters. The van der Waals surface area contributed by atoms with Gasteiger partial charge in [0.25, 0.3) is 0 Å². The number of carbonyl (C=O) groups excluding carboxylic acids is 1. The lowest BCUT2D eigenvalue weighted by atomic mass is 10.2. The standard InChI is InChI=1S/C17H21ClN4O/c1-14(22-7-6-19-13-22)12-17(23)21-10-8-20(9-11-21)16-5-3-2-4-15(16)18/h2-7,13-14H,8-12H2,1H3. The van der Waals surface area contributed by atoms with Crippen molar-refractivity contribution in [3.63, 3.8) is 0 Å². The van der Waals surface area contributed by atoms with E-state index in [9.17, 15) is 4.79 Å². The topological polar surface area (TPSA) is 41.4 Å². The van der Waals surface area contributed by atoms with Crippen LogP contribution in [0.4, 0.5) is 5.69 Å². The molecule has 2 aromatic rings.